The molecule has 0 spiro atoms. The maximum atomic E-state index is 12.0. The maximum absolute atomic E-state index is 12.0. The van der Waals surface area contributed by atoms with Gasteiger partial charge < -0.3 is 16.0 Å². The molecule has 2 amide bonds. The van der Waals surface area contributed by atoms with Gasteiger partial charge in [-0.2, -0.15) is 0 Å². The van der Waals surface area contributed by atoms with Gasteiger partial charge in [0.2, 0.25) is 11.8 Å². The minimum atomic E-state index is -0.0899. The van der Waals surface area contributed by atoms with Gasteiger partial charge in [-0.25, -0.2) is 0 Å². The van der Waals surface area contributed by atoms with Gasteiger partial charge in [-0.1, -0.05) is 36.8 Å². The van der Waals surface area contributed by atoms with Crippen LogP contribution in [-0.4, -0.2) is 36.3 Å². The Morgan fingerprint density at radius 1 is 1.26 bits per heavy atom. The first-order valence-electron chi connectivity index (χ1n) is 7.86. The van der Waals surface area contributed by atoms with Gasteiger partial charge in [0.15, 0.2) is 0 Å². The molecule has 0 heterocycles. The van der Waals surface area contributed by atoms with Crippen molar-refractivity contribution in [2.75, 3.05) is 13.6 Å². The van der Waals surface area contributed by atoms with Crippen LogP contribution in [0.5, 0.6) is 0 Å². The average molecular weight is 340 g/mol. The van der Waals surface area contributed by atoms with Crippen molar-refractivity contribution < 1.29 is 9.59 Å². The lowest BCUT2D eigenvalue weighted by molar-refractivity contribution is -0.132. The Kier molecular flexibility index (Phi) is 8.06. The van der Waals surface area contributed by atoms with Gasteiger partial charge in [-0.15, -0.1) is 12.4 Å². The molecule has 128 valence electrons. The topological polar surface area (TPSA) is 75.4 Å². The molecule has 1 aliphatic carbocycles. The van der Waals surface area contributed by atoms with Gasteiger partial charge in [0, 0.05) is 26.1 Å². The highest BCUT2D eigenvalue weighted by Crippen LogP contribution is 2.26. The summed E-state index contributed by atoms with van der Waals surface area (Å²) in [5, 5.41) is 2.71. The number of carbonyl (C=O) groups is 2. The number of halogens is 1. The minimum absolute atomic E-state index is 0. The standard InChI is InChI=1S/C17H25N3O2.ClH/c1-20(12-13-6-3-2-4-7-13)17(22)11-19-16(21)10-14-8-5-9-15(14)18;/h2-4,6-7,14-15H,5,8-12,18H2,1H3,(H,19,21);1H/t14-,15+;/m0./s1. The summed E-state index contributed by atoms with van der Waals surface area (Å²) in [7, 11) is 1.74. The van der Waals surface area contributed by atoms with Crippen LogP contribution in [-0.2, 0) is 16.1 Å². The number of nitrogens with zero attached hydrogens (tertiary/aromatic N) is 1. The molecule has 2 rings (SSSR count). The van der Waals surface area contributed by atoms with Gasteiger partial charge in [0.05, 0.1) is 6.54 Å². The largest absolute Gasteiger partial charge is 0.347 e. The van der Waals surface area contributed by atoms with Crippen LogP contribution in [0.2, 0.25) is 0 Å². The predicted octanol–water partition coefficient (Wildman–Crippen LogP) is 1.70. The highest BCUT2D eigenvalue weighted by Gasteiger charge is 2.26. The van der Waals surface area contributed by atoms with Gasteiger partial charge >= 0.3 is 0 Å². The van der Waals surface area contributed by atoms with E-state index in [1.807, 2.05) is 30.3 Å². The van der Waals surface area contributed by atoms with Crippen molar-refractivity contribution >= 4 is 24.2 Å². The molecule has 1 saturated carbocycles. The van der Waals surface area contributed by atoms with Crippen molar-refractivity contribution in [1.29, 1.82) is 0 Å². The monoisotopic (exact) mass is 339 g/mol. The molecule has 0 aromatic heterocycles. The number of amides is 2. The van der Waals surface area contributed by atoms with Crippen molar-refractivity contribution in [2.24, 2.45) is 11.7 Å². The quantitative estimate of drug-likeness (QED) is 0.828. The molecule has 1 aromatic carbocycles. The number of nitrogens with one attached hydrogen (secondary N) is 1. The molecule has 0 saturated heterocycles. The Balaban J connectivity index is 0.00000264. The normalized spacial score (nSPS) is 19.7. The maximum Gasteiger partial charge on any atom is 0.242 e. The van der Waals surface area contributed by atoms with Crippen LogP contribution in [0.15, 0.2) is 30.3 Å². The van der Waals surface area contributed by atoms with Gasteiger partial charge in [0.25, 0.3) is 0 Å². The first-order chi connectivity index (χ1) is 10.6. The summed E-state index contributed by atoms with van der Waals surface area (Å²) < 4.78 is 0. The van der Waals surface area contributed by atoms with Crippen LogP contribution >= 0.6 is 12.4 Å². The molecule has 0 radical (unpaired) electrons. The van der Waals surface area contributed by atoms with E-state index >= 15 is 0 Å². The van der Waals surface area contributed by atoms with Crippen LogP contribution in [0.4, 0.5) is 0 Å². The first-order valence-corrected chi connectivity index (χ1v) is 7.86. The van der Waals surface area contributed by atoms with Crippen molar-refractivity contribution in [2.45, 2.75) is 38.3 Å². The lowest BCUT2D eigenvalue weighted by Gasteiger charge is -2.18. The second kappa shape index (κ2) is 9.53. The fraction of sp³-hybridized carbons (Fsp3) is 0.529. The minimum Gasteiger partial charge on any atom is -0.347 e. The van der Waals surface area contributed by atoms with E-state index in [1.54, 1.807) is 11.9 Å². The molecule has 1 fully saturated rings. The van der Waals surface area contributed by atoms with Gasteiger partial charge in [-0.05, 0) is 24.3 Å². The fourth-order valence-corrected chi connectivity index (χ4v) is 2.88. The summed E-state index contributed by atoms with van der Waals surface area (Å²) >= 11 is 0. The van der Waals surface area contributed by atoms with Gasteiger partial charge in [0.1, 0.15) is 0 Å². The molecular weight excluding hydrogens is 314 g/mol. The molecule has 3 N–H and O–H groups in total. The molecule has 1 aromatic rings. The third-order valence-corrected chi connectivity index (χ3v) is 4.29. The molecule has 2 atom stereocenters. The first kappa shape index (κ1) is 19.5. The van der Waals surface area contributed by atoms with Crippen LogP contribution in [0.1, 0.15) is 31.2 Å². The van der Waals surface area contributed by atoms with Crippen molar-refractivity contribution in [1.82, 2.24) is 10.2 Å². The number of hydrogen-bond donors (Lipinski definition) is 2. The molecular formula is C17H26ClN3O2. The number of likely N-dealkylation sites (N-methyl/N-ethyl adjacent to an activating group) is 1. The fourth-order valence-electron chi connectivity index (χ4n) is 2.88. The Bertz CT molecular complexity index is 510. The third-order valence-electron chi connectivity index (χ3n) is 4.29. The highest BCUT2D eigenvalue weighted by atomic mass is 35.5. The van der Waals surface area contributed by atoms with Crippen LogP contribution in [0.25, 0.3) is 0 Å². The molecule has 0 bridgehead atoms. The number of nitrogens with two attached hydrogens (primary N) is 1. The summed E-state index contributed by atoms with van der Waals surface area (Å²) in [5.74, 6) is 0.0916. The van der Waals surface area contributed by atoms with E-state index in [1.165, 1.54) is 0 Å². The van der Waals surface area contributed by atoms with Crippen LogP contribution in [0.3, 0.4) is 0 Å². The van der Waals surface area contributed by atoms with E-state index in [9.17, 15) is 9.59 Å². The number of hydrogen-bond acceptors (Lipinski definition) is 3. The Hall–Kier alpha value is -1.59. The second-order valence-electron chi connectivity index (χ2n) is 6.07. The third kappa shape index (κ3) is 6.20. The molecule has 5 nitrogen and oxygen atoms in total. The molecule has 6 heteroatoms. The van der Waals surface area contributed by atoms with E-state index in [4.69, 9.17) is 5.73 Å². The van der Waals surface area contributed by atoms with Crippen LogP contribution < -0.4 is 11.1 Å². The SMILES string of the molecule is CN(Cc1ccccc1)C(=O)CNC(=O)C[C@@H]1CCC[C@H]1N.Cl. The number of benzene rings is 1. The summed E-state index contributed by atoms with van der Waals surface area (Å²) in [5.41, 5.74) is 7.03. The van der Waals surface area contributed by atoms with E-state index < -0.39 is 0 Å². The van der Waals surface area contributed by atoms with E-state index in [2.05, 4.69) is 5.32 Å². The smallest absolute Gasteiger partial charge is 0.242 e. The average Bonchev–Trinajstić information content (AvgIpc) is 2.91. The summed E-state index contributed by atoms with van der Waals surface area (Å²) in [4.78, 5) is 25.6. The van der Waals surface area contributed by atoms with E-state index in [-0.39, 0.29) is 42.7 Å². The number of carbonyl (C=O) groups excluding carboxylic acids is 2. The Labute approximate surface area is 144 Å². The number of rotatable bonds is 6. The predicted molar refractivity (Wildman–Crippen MR) is 93.1 cm³/mol. The lowest BCUT2D eigenvalue weighted by Crippen LogP contribution is -2.39. The van der Waals surface area contributed by atoms with Gasteiger partial charge in [-0.3, -0.25) is 9.59 Å². The highest BCUT2D eigenvalue weighted by molar-refractivity contribution is 5.85. The molecule has 1 aliphatic rings. The Morgan fingerprint density at radius 2 is 1.96 bits per heavy atom. The second-order valence-corrected chi connectivity index (χ2v) is 6.07. The summed E-state index contributed by atoms with van der Waals surface area (Å²) in [6.07, 6.45) is 3.53. The Morgan fingerprint density at radius 3 is 2.57 bits per heavy atom. The zero-order valence-corrected chi connectivity index (χ0v) is 14.3. The molecule has 23 heavy (non-hydrogen) atoms. The van der Waals surface area contributed by atoms with E-state index in [0.29, 0.717) is 13.0 Å². The summed E-state index contributed by atoms with van der Waals surface area (Å²) in [6.45, 7) is 0.590. The van der Waals surface area contributed by atoms with Crippen molar-refractivity contribution in [3.05, 3.63) is 35.9 Å². The zero-order valence-electron chi connectivity index (χ0n) is 13.5. The molecule has 0 unspecified atom stereocenters. The zero-order chi connectivity index (χ0) is 15.9. The van der Waals surface area contributed by atoms with Crippen molar-refractivity contribution in [3.8, 4) is 0 Å². The lowest BCUT2D eigenvalue weighted by atomic mass is 10.00. The van der Waals surface area contributed by atoms with E-state index in [0.717, 1.165) is 24.8 Å². The van der Waals surface area contributed by atoms with Crippen LogP contribution in [0, 0.1) is 5.92 Å². The van der Waals surface area contributed by atoms with Crippen molar-refractivity contribution in [3.63, 3.8) is 0 Å². The molecule has 0 aliphatic heterocycles. The summed E-state index contributed by atoms with van der Waals surface area (Å²) in [6, 6.07) is 9.91.